The van der Waals surface area contributed by atoms with Gasteiger partial charge in [-0.05, 0) is 18.2 Å². The largest absolute Gasteiger partial charge is 0.289 e. The quantitative estimate of drug-likeness (QED) is 0.424. The SMILES string of the molecule is CC(C)c1nnc(CBr)n1-c1ccc(Cl)cc1C(=O)c1ccccc1. The molecule has 4 nitrogen and oxygen atoms in total. The number of hydrogen-bond donors (Lipinski definition) is 0. The minimum atomic E-state index is -0.0815. The number of nitrogens with zero attached hydrogens (tertiary/aromatic N) is 3. The van der Waals surface area contributed by atoms with Crippen LogP contribution < -0.4 is 0 Å². The van der Waals surface area contributed by atoms with E-state index in [1.165, 1.54) is 0 Å². The predicted octanol–water partition coefficient (Wildman–Crippen LogP) is 5.17. The van der Waals surface area contributed by atoms with Gasteiger partial charge in [0.2, 0.25) is 0 Å². The van der Waals surface area contributed by atoms with Crippen molar-refractivity contribution < 1.29 is 4.79 Å². The van der Waals surface area contributed by atoms with Gasteiger partial charge in [0.1, 0.15) is 11.6 Å². The van der Waals surface area contributed by atoms with Crippen LogP contribution in [0.4, 0.5) is 0 Å². The van der Waals surface area contributed by atoms with Gasteiger partial charge in [-0.1, -0.05) is 71.7 Å². The molecule has 2 aromatic carbocycles. The van der Waals surface area contributed by atoms with Crippen molar-refractivity contribution >= 4 is 33.3 Å². The summed E-state index contributed by atoms with van der Waals surface area (Å²) >= 11 is 9.64. The molecule has 0 amide bonds. The van der Waals surface area contributed by atoms with Gasteiger partial charge >= 0.3 is 0 Å². The third-order valence-electron chi connectivity index (χ3n) is 3.87. The zero-order valence-electron chi connectivity index (χ0n) is 13.9. The van der Waals surface area contributed by atoms with E-state index >= 15 is 0 Å². The number of carbonyl (C=O) groups excluding carboxylic acids is 1. The Hall–Kier alpha value is -1.98. The molecular weight excluding hydrogens is 402 g/mol. The van der Waals surface area contributed by atoms with Crippen LogP contribution >= 0.6 is 27.5 Å². The summed E-state index contributed by atoms with van der Waals surface area (Å²) in [5, 5.41) is 9.60. The molecule has 0 atom stereocenters. The van der Waals surface area contributed by atoms with Crippen LogP contribution in [0.5, 0.6) is 0 Å². The summed E-state index contributed by atoms with van der Waals surface area (Å²) in [5.41, 5.74) is 1.88. The number of hydrogen-bond acceptors (Lipinski definition) is 3. The Morgan fingerprint density at radius 2 is 1.88 bits per heavy atom. The Morgan fingerprint density at radius 3 is 2.52 bits per heavy atom. The third-order valence-corrected chi connectivity index (χ3v) is 4.61. The Kier molecular flexibility index (Phi) is 5.35. The van der Waals surface area contributed by atoms with Gasteiger partial charge in [0, 0.05) is 22.1 Å². The van der Waals surface area contributed by atoms with Gasteiger partial charge in [-0.15, -0.1) is 10.2 Å². The number of benzene rings is 2. The zero-order chi connectivity index (χ0) is 18.0. The second-order valence-corrected chi connectivity index (χ2v) is 6.95. The zero-order valence-corrected chi connectivity index (χ0v) is 16.3. The smallest absolute Gasteiger partial charge is 0.195 e. The molecule has 0 aliphatic heterocycles. The lowest BCUT2D eigenvalue weighted by Crippen LogP contribution is -2.12. The monoisotopic (exact) mass is 417 g/mol. The Morgan fingerprint density at radius 1 is 1.16 bits per heavy atom. The van der Waals surface area contributed by atoms with Gasteiger partial charge < -0.3 is 0 Å². The summed E-state index contributed by atoms with van der Waals surface area (Å²) in [6, 6.07) is 14.5. The van der Waals surface area contributed by atoms with E-state index in [9.17, 15) is 4.79 Å². The molecule has 25 heavy (non-hydrogen) atoms. The van der Waals surface area contributed by atoms with E-state index < -0.39 is 0 Å². The fraction of sp³-hybridized carbons (Fsp3) is 0.211. The van der Waals surface area contributed by atoms with Crippen molar-refractivity contribution in [2.45, 2.75) is 25.1 Å². The van der Waals surface area contributed by atoms with Gasteiger partial charge in [-0.2, -0.15) is 0 Å². The Balaban J connectivity index is 2.23. The van der Waals surface area contributed by atoms with E-state index in [0.717, 1.165) is 17.3 Å². The maximum Gasteiger partial charge on any atom is 0.195 e. The third kappa shape index (κ3) is 3.53. The molecule has 0 spiro atoms. The lowest BCUT2D eigenvalue weighted by Gasteiger charge is -2.15. The maximum absolute atomic E-state index is 13.1. The summed E-state index contributed by atoms with van der Waals surface area (Å²) in [5.74, 6) is 1.63. The molecule has 6 heteroatoms. The second-order valence-electron chi connectivity index (χ2n) is 5.95. The minimum absolute atomic E-state index is 0.0815. The lowest BCUT2D eigenvalue weighted by atomic mass is 10.0. The molecule has 3 aromatic rings. The molecule has 1 heterocycles. The van der Waals surface area contributed by atoms with E-state index in [4.69, 9.17) is 11.6 Å². The predicted molar refractivity (Wildman–Crippen MR) is 103 cm³/mol. The summed E-state index contributed by atoms with van der Waals surface area (Å²) in [4.78, 5) is 13.1. The first kappa shape index (κ1) is 17.8. The Bertz CT molecular complexity index is 906. The first-order valence-electron chi connectivity index (χ1n) is 7.92. The maximum atomic E-state index is 13.1. The molecule has 1 aromatic heterocycles. The van der Waals surface area contributed by atoms with Crippen LogP contribution in [0.15, 0.2) is 48.5 Å². The number of rotatable bonds is 5. The van der Waals surface area contributed by atoms with Crippen molar-refractivity contribution in [2.24, 2.45) is 0 Å². The van der Waals surface area contributed by atoms with E-state index in [1.54, 1.807) is 24.3 Å². The van der Waals surface area contributed by atoms with Crippen LogP contribution in [-0.2, 0) is 5.33 Å². The molecule has 0 unspecified atom stereocenters. The minimum Gasteiger partial charge on any atom is -0.289 e. The van der Waals surface area contributed by atoms with Crippen LogP contribution in [-0.4, -0.2) is 20.5 Å². The van der Waals surface area contributed by atoms with Crippen LogP contribution in [0.2, 0.25) is 5.02 Å². The standard InChI is InChI=1S/C19H17BrClN3O/c1-12(2)19-23-22-17(11-20)24(19)16-9-8-14(21)10-15(16)18(25)13-6-4-3-5-7-13/h3-10,12H,11H2,1-2H3. The van der Waals surface area contributed by atoms with E-state index in [1.807, 2.05) is 42.7 Å². The average Bonchev–Trinajstić information content (AvgIpc) is 3.06. The summed E-state index contributed by atoms with van der Waals surface area (Å²) in [6.07, 6.45) is 0. The van der Waals surface area contributed by atoms with Crippen LogP contribution in [0.3, 0.4) is 0 Å². The average molecular weight is 419 g/mol. The molecule has 3 rings (SSSR count). The highest BCUT2D eigenvalue weighted by Crippen LogP contribution is 2.27. The topological polar surface area (TPSA) is 47.8 Å². The first-order valence-corrected chi connectivity index (χ1v) is 9.42. The van der Waals surface area contributed by atoms with Gasteiger partial charge in [-0.25, -0.2) is 0 Å². The summed E-state index contributed by atoms with van der Waals surface area (Å²) in [7, 11) is 0. The van der Waals surface area contributed by atoms with Crippen LogP contribution in [0.25, 0.3) is 5.69 Å². The normalized spacial score (nSPS) is 11.1. The van der Waals surface area contributed by atoms with Crippen LogP contribution in [0, 0.1) is 0 Å². The molecule has 0 N–H and O–H groups in total. The van der Waals surface area contributed by atoms with Crippen molar-refractivity contribution in [3.8, 4) is 5.69 Å². The highest BCUT2D eigenvalue weighted by molar-refractivity contribution is 9.08. The lowest BCUT2D eigenvalue weighted by molar-refractivity contribution is 0.103. The summed E-state index contributed by atoms with van der Waals surface area (Å²) in [6.45, 7) is 4.10. The van der Waals surface area contributed by atoms with Crippen molar-refractivity contribution in [1.82, 2.24) is 14.8 Å². The Labute approximate surface area is 160 Å². The molecule has 0 fully saturated rings. The number of alkyl halides is 1. The molecule has 0 radical (unpaired) electrons. The molecule has 0 aliphatic rings. The van der Waals surface area contributed by atoms with E-state index in [2.05, 4.69) is 26.1 Å². The van der Waals surface area contributed by atoms with E-state index in [-0.39, 0.29) is 11.7 Å². The van der Waals surface area contributed by atoms with Crippen molar-refractivity contribution in [3.63, 3.8) is 0 Å². The van der Waals surface area contributed by atoms with Gasteiger partial charge in [0.25, 0.3) is 0 Å². The van der Waals surface area contributed by atoms with E-state index in [0.29, 0.717) is 21.5 Å². The second kappa shape index (κ2) is 7.50. The number of ketones is 1. The molecule has 0 aliphatic carbocycles. The van der Waals surface area contributed by atoms with Crippen molar-refractivity contribution in [1.29, 1.82) is 0 Å². The molecule has 0 saturated carbocycles. The molecule has 0 bridgehead atoms. The highest BCUT2D eigenvalue weighted by atomic mass is 79.9. The fourth-order valence-corrected chi connectivity index (χ4v) is 3.22. The molecule has 128 valence electrons. The van der Waals surface area contributed by atoms with Gasteiger partial charge in [0.05, 0.1) is 11.0 Å². The van der Waals surface area contributed by atoms with Crippen molar-refractivity contribution in [2.75, 3.05) is 0 Å². The van der Waals surface area contributed by atoms with Crippen molar-refractivity contribution in [3.05, 3.63) is 76.3 Å². The fourth-order valence-electron chi connectivity index (χ4n) is 2.68. The highest BCUT2D eigenvalue weighted by Gasteiger charge is 2.21. The number of halogens is 2. The molecule has 0 saturated heterocycles. The van der Waals surface area contributed by atoms with Gasteiger partial charge in [-0.3, -0.25) is 9.36 Å². The van der Waals surface area contributed by atoms with Gasteiger partial charge in [0.15, 0.2) is 5.78 Å². The first-order chi connectivity index (χ1) is 12.0. The number of carbonyl (C=O) groups is 1. The molecular formula is C19H17BrClN3O. The number of aromatic nitrogens is 3. The van der Waals surface area contributed by atoms with Crippen LogP contribution in [0.1, 0.15) is 47.3 Å². The summed E-state index contributed by atoms with van der Waals surface area (Å²) < 4.78 is 1.94.